The van der Waals surface area contributed by atoms with E-state index in [-0.39, 0.29) is 0 Å². The zero-order valence-electron chi connectivity index (χ0n) is 20.3. The molecule has 3 N–H and O–H groups in total. The number of aliphatic hydroxyl groups is 1. The van der Waals surface area contributed by atoms with Crippen molar-refractivity contribution in [3.8, 4) is 10.4 Å². The number of aromatic nitrogens is 3. The third kappa shape index (κ3) is 4.44. The smallest absolute Gasteiger partial charge is 0.309 e. The van der Waals surface area contributed by atoms with Gasteiger partial charge in [-0.25, -0.2) is 15.0 Å². The standard InChI is InChI=1S/C26H32N4O3S/c1-6-18-7-10-27-23(29-18)30-19-12-16(2)11-17(13-19)20-14-28-21(34-20)26(33)9-8-25(5,22(31)32)24(3,4)15-26/h7,10-14,33H,6,8-9,15H2,1-5H3,(H,31,32)(H,27,29,30)/t25-,26-/m1/s1. The average Bonchev–Trinajstić information content (AvgIpc) is 3.27. The van der Waals surface area contributed by atoms with E-state index in [1.54, 1.807) is 19.3 Å². The third-order valence-corrected chi connectivity index (χ3v) is 8.58. The molecule has 2 aromatic heterocycles. The van der Waals surface area contributed by atoms with E-state index in [0.29, 0.717) is 30.2 Å². The molecule has 0 amide bonds. The summed E-state index contributed by atoms with van der Waals surface area (Å²) in [6.07, 6.45) is 5.51. The lowest BCUT2D eigenvalue weighted by Crippen LogP contribution is -2.51. The van der Waals surface area contributed by atoms with Crippen molar-refractivity contribution in [2.45, 2.75) is 65.9 Å². The molecule has 2 atom stereocenters. The Morgan fingerprint density at radius 1 is 1.18 bits per heavy atom. The number of anilines is 2. The Hall–Kier alpha value is -2.84. The fraction of sp³-hybridized carbons (Fsp3) is 0.462. The van der Waals surface area contributed by atoms with E-state index in [1.807, 2.05) is 39.0 Å². The van der Waals surface area contributed by atoms with Crippen LogP contribution in [0.25, 0.3) is 10.4 Å². The highest BCUT2D eigenvalue weighted by Crippen LogP contribution is 2.56. The van der Waals surface area contributed by atoms with E-state index in [1.165, 1.54) is 11.3 Å². The van der Waals surface area contributed by atoms with Crippen LogP contribution in [0.2, 0.25) is 0 Å². The minimum Gasteiger partial charge on any atom is -0.481 e. The van der Waals surface area contributed by atoms with Crippen LogP contribution in [0.4, 0.5) is 11.6 Å². The number of nitrogens with one attached hydrogen (secondary N) is 1. The van der Waals surface area contributed by atoms with Gasteiger partial charge in [-0.3, -0.25) is 4.79 Å². The van der Waals surface area contributed by atoms with Gasteiger partial charge in [-0.1, -0.05) is 26.8 Å². The van der Waals surface area contributed by atoms with E-state index >= 15 is 0 Å². The lowest BCUT2D eigenvalue weighted by atomic mass is 9.55. The highest BCUT2D eigenvalue weighted by atomic mass is 32.1. The Kier molecular flexibility index (Phi) is 6.25. The number of carboxylic acid groups (broad SMARTS) is 1. The van der Waals surface area contributed by atoms with Gasteiger partial charge in [-0.15, -0.1) is 11.3 Å². The fourth-order valence-electron chi connectivity index (χ4n) is 4.79. The molecule has 34 heavy (non-hydrogen) atoms. The molecular weight excluding hydrogens is 448 g/mol. The first-order valence-corrected chi connectivity index (χ1v) is 12.4. The van der Waals surface area contributed by atoms with Gasteiger partial charge in [0.25, 0.3) is 0 Å². The van der Waals surface area contributed by atoms with Gasteiger partial charge in [0.15, 0.2) is 0 Å². The molecular formula is C26H32N4O3S. The Morgan fingerprint density at radius 3 is 2.62 bits per heavy atom. The summed E-state index contributed by atoms with van der Waals surface area (Å²) in [6, 6.07) is 8.06. The van der Waals surface area contributed by atoms with Crippen molar-refractivity contribution in [1.82, 2.24) is 15.0 Å². The minimum absolute atomic E-state index is 0.349. The summed E-state index contributed by atoms with van der Waals surface area (Å²) < 4.78 is 0. The third-order valence-electron chi connectivity index (χ3n) is 7.34. The summed E-state index contributed by atoms with van der Waals surface area (Å²) in [5.74, 6) is -0.256. The monoisotopic (exact) mass is 480 g/mol. The molecule has 2 heterocycles. The lowest BCUT2D eigenvalue weighted by Gasteiger charge is -2.50. The second-order valence-corrected chi connectivity index (χ2v) is 11.2. The van der Waals surface area contributed by atoms with Gasteiger partial charge in [0.05, 0.1) is 10.3 Å². The van der Waals surface area contributed by atoms with Crippen molar-refractivity contribution in [1.29, 1.82) is 0 Å². The Balaban J connectivity index is 1.60. The van der Waals surface area contributed by atoms with Crippen molar-refractivity contribution < 1.29 is 15.0 Å². The first-order chi connectivity index (χ1) is 16.0. The van der Waals surface area contributed by atoms with Gasteiger partial charge in [-0.05, 0) is 74.3 Å². The van der Waals surface area contributed by atoms with E-state index < -0.39 is 22.4 Å². The number of rotatable bonds is 6. The van der Waals surface area contributed by atoms with Crippen LogP contribution in [0.5, 0.6) is 0 Å². The molecule has 3 aromatic rings. The first-order valence-electron chi connectivity index (χ1n) is 11.6. The quantitative estimate of drug-likeness (QED) is 0.415. The summed E-state index contributed by atoms with van der Waals surface area (Å²) in [7, 11) is 0. The SMILES string of the molecule is CCc1ccnc(Nc2cc(C)cc(-c3cnc([C@@]4(O)CC[C@](C)(C(=O)O)C(C)(C)C4)s3)c2)n1. The van der Waals surface area contributed by atoms with Crippen molar-refractivity contribution in [2.24, 2.45) is 10.8 Å². The van der Waals surface area contributed by atoms with Crippen LogP contribution in [0.15, 0.2) is 36.7 Å². The molecule has 0 bridgehead atoms. The maximum absolute atomic E-state index is 11.9. The van der Waals surface area contributed by atoms with Crippen LogP contribution in [-0.2, 0) is 16.8 Å². The molecule has 0 unspecified atom stereocenters. The fourth-order valence-corrected chi connectivity index (χ4v) is 5.81. The Labute approximate surface area is 204 Å². The number of benzene rings is 1. The molecule has 1 saturated carbocycles. The number of carboxylic acids is 1. The van der Waals surface area contributed by atoms with Gasteiger partial charge >= 0.3 is 5.97 Å². The molecule has 0 spiro atoms. The van der Waals surface area contributed by atoms with Crippen LogP contribution in [-0.4, -0.2) is 31.1 Å². The summed E-state index contributed by atoms with van der Waals surface area (Å²) in [6.45, 7) is 9.72. The Bertz CT molecular complexity index is 1220. The second kappa shape index (κ2) is 8.74. The number of aliphatic carboxylic acids is 1. The van der Waals surface area contributed by atoms with Crippen molar-refractivity contribution in [3.05, 3.63) is 52.9 Å². The highest BCUT2D eigenvalue weighted by molar-refractivity contribution is 7.15. The average molecular weight is 481 g/mol. The van der Waals surface area contributed by atoms with E-state index in [9.17, 15) is 15.0 Å². The molecule has 1 fully saturated rings. The zero-order chi connectivity index (χ0) is 24.7. The zero-order valence-corrected chi connectivity index (χ0v) is 21.2. The molecule has 1 aliphatic carbocycles. The molecule has 180 valence electrons. The number of thiazole rings is 1. The van der Waals surface area contributed by atoms with Crippen LogP contribution >= 0.6 is 11.3 Å². The lowest BCUT2D eigenvalue weighted by molar-refractivity contribution is -0.170. The molecule has 0 radical (unpaired) electrons. The minimum atomic E-state index is -1.14. The normalized spacial score (nSPS) is 24.1. The maximum atomic E-state index is 11.9. The maximum Gasteiger partial charge on any atom is 0.309 e. The summed E-state index contributed by atoms with van der Waals surface area (Å²) in [4.78, 5) is 26.3. The predicted molar refractivity (Wildman–Crippen MR) is 134 cm³/mol. The highest BCUT2D eigenvalue weighted by Gasteiger charge is 2.56. The van der Waals surface area contributed by atoms with Gasteiger partial charge in [0.2, 0.25) is 5.95 Å². The predicted octanol–water partition coefficient (Wildman–Crippen LogP) is 5.70. The largest absolute Gasteiger partial charge is 0.481 e. The molecule has 0 aliphatic heterocycles. The number of aryl methyl sites for hydroxylation is 2. The van der Waals surface area contributed by atoms with Crippen LogP contribution < -0.4 is 5.32 Å². The number of nitrogens with zero attached hydrogens (tertiary/aromatic N) is 3. The van der Waals surface area contributed by atoms with Gasteiger partial charge in [0, 0.05) is 23.8 Å². The molecule has 1 aliphatic rings. The Morgan fingerprint density at radius 2 is 1.94 bits per heavy atom. The molecule has 1 aromatic carbocycles. The first kappa shape index (κ1) is 24.3. The summed E-state index contributed by atoms with van der Waals surface area (Å²) in [5, 5.41) is 25.3. The van der Waals surface area contributed by atoms with E-state index in [0.717, 1.165) is 33.8 Å². The number of hydrogen-bond acceptors (Lipinski definition) is 7. The van der Waals surface area contributed by atoms with E-state index in [2.05, 4.69) is 33.3 Å². The van der Waals surface area contributed by atoms with Crippen molar-refractivity contribution in [3.63, 3.8) is 0 Å². The second-order valence-electron chi connectivity index (χ2n) is 10.2. The number of hydrogen-bond donors (Lipinski definition) is 3. The molecule has 7 nitrogen and oxygen atoms in total. The molecule has 4 rings (SSSR count). The van der Waals surface area contributed by atoms with Gasteiger partial charge in [-0.2, -0.15) is 0 Å². The van der Waals surface area contributed by atoms with Crippen LogP contribution in [0, 0.1) is 17.8 Å². The van der Waals surface area contributed by atoms with Gasteiger partial charge < -0.3 is 15.5 Å². The van der Waals surface area contributed by atoms with Crippen LogP contribution in [0.1, 0.15) is 63.2 Å². The van der Waals surface area contributed by atoms with Crippen molar-refractivity contribution in [2.75, 3.05) is 5.32 Å². The summed E-state index contributed by atoms with van der Waals surface area (Å²) >= 11 is 1.46. The van der Waals surface area contributed by atoms with E-state index in [4.69, 9.17) is 0 Å². The topological polar surface area (TPSA) is 108 Å². The van der Waals surface area contributed by atoms with Crippen LogP contribution in [0.3, 0.4) is 0 Å². The van der Waals surface area contributed by atoms with Crippen molar-refractivity contribution >= 4 is 28.9 Å². The molecule has 0 saturated heterocycles. The molecule has 8 heteroatoms. The van der Waals surface area contributed by atoms with Gasteiger partial charge in [0.1, 0.15) is 10.6 Å². The summed E-state index contributed by atoms with van der Waals surface area (Å²) in [5.41, 5.74) is 1.33. The number of carbonyl (C=O) groups is 1.